The van der Waals surface area contributed by atoms with Crippen molar-refractivity contribution in [3.63, 3.8) is 0 Å². The first-order valence-electron chi connectivity index (χ1n) is 5.47. The highest BCUT2D eigenvalue weighted by Gasteiger charge is 2.10. The topological polar surface area (TPSA) is 60.2 Å². The molecule has 0 N–H and O–H groups in total. The summed E-state index contributed by atoms with van der Waals surface area (Å²) in [5.74, 6) is 0. The van der Waals surface area contributed by atoms with Gasteiger partial charge in [-0.25, -0.2) is 0 Å². The van der Waals surface area contributed by atoms with Crippen molar-refractivity contribution in [2.24, 2.45) is 0 Å². The number of carbonyl (C=O) groups excluding carboxylic acids is 1. The van der Waals surface area contributed by atoms with Crippen LogP contribution < -0.4 is 0 Å². The van der Waals surface area contributed by atoms with Gasteiger partial charge in [0.05, 0.1) is 4.92 Å². The quantitative estimate of drug-likeness (QED) is 0.469. The fourth-order valence-corrected chi connectivity index (χ4v) is 1.78. The maximum absolute atomic E-state index is 11.0. The van der Waals surface area contributed by atoms with E-state index in [0.717, 1.165) is 11.1 Å². The predicted molar refractivity (Wildman–Crippen MR) is 67.7 cm³/mol. The molecule has 0 aromatic heterocycles. The number of non-ortho nitro benzene ring substituents is 1. The van der Waals surface area contributed by atoms with Crippen LogP contribution >= 0.6 is 0 Å². The molecule has 2 aromatic rings. The maximum atomic E-state index is 11.0. The first kappa shape index (κ1) is 12.0. The number of aldehydes is 1. The van der Waals surface area contributed by atoms with Gasteiger partial charge in [0.25, 0.3) is 5.69 Å². The van der Waals surface area contributed by atoms with Gasteiger partial charge in [-0.2, -0.15) is 0 Å². The summed E-state index contributed by atoms with van der Waals surface area (Å²) in [6.45, 7) is 0. The van der Waals surface area contributed by atoms with E-state index in [1.807, 2.05) is 30.3 Å². The van der Waals surface area contributed by atoms with Crippen LogP contribution in [0, 0.1) is 10.1 Å². The SMILES string of the molecule is O=Cc1cc([N+](=O)[O-])ccc1Cc1ccccc1. The first-order chi connectivity index (χ1) is 8.70. The molecule has 0 aliphatic heterocycles. The summed E-state index contributed by atoms with van der Waals surface area (Å²) < 4.78 is 0. The average molecular weight is 241 g/mol. The number of carbonyl (C=O) groups is 1. The fraction of sp³-hybridized carbons (Fsp3) is 0.0714. The molecular weight excluding hydrogens is 230 g/mol. The number of benzene rings is 2. The molecule has 0 atom stereocenters. The van der Waals surface area contributed by atoms with Crippen molar-refractivity contribution in [3.05, 3.63) is 75.3 Å². The largest absolute Gasteiger partial charge is 0.298 e. The van der Waals surface area contributed by atoms with Gasteiger partial charge >= 0.3 is 0 Å². The molecule has 0 amide bonds. The molecule has 0 radical (unpaired) electrons. The third kappa shape index (κ3) is 2.60. The molecule has 0 aliphatic carbocycles. The van der Waals surface area contributed by atoms with E-state index < -0.39 is 4.92 Å². The van der Waals surface area contributed by atoms with Crippen molar-refractivity contribution in [1.29, 1.82) is 0 Å². The summed E-state index contributed by atoms with van der Waals surface area (Å²) in [5, 5.41) is 10.6. The molecule has 18 heavy (non-hydrogen) atoms. The van der Waals surface area contributed by atoms with Crippen molar-refractivity contribution in [2.75, 3.05) is 0 Å². The van der Waals surface area contributed by atoms with Crippen LogP contribution in [-0.4, -0.2) is 11.2 Å². The molecule has 2 aromatic carbocycles. The number of hydrogen-bond acceptors (Lipinski definition) is 3. The summed E-state index contributed by atoms with van der Waals surface area (Å²) in [6.07, 6.45) is 1.25. The highest BCUT2D eigenvalue weighted by atomic mass is 16.6. The Kier molecular flexibility index (Phi) is 3.48. The Morgan fingerprint density at radius 3 is 2.44 bits per heavy atom. The van der Waals surface area contributed by atoms with Crippen LogP contribution in [0.1, 0.15) is 21.5 Å². The van der Waals surface area contributed by atoms with E-state index >= 15 is 0 Å². The smallest absolute Gasteiger partial charge is 0.270 e. The maximum Gasteiger partial charge on any atom is 0.270 e. The molecule has 90 valence electrons. The van der Waals surface area contributed by atoms with Crippen molar-refractivity contribution in [1.82, 2.24) is 0 Å². The van der Waals surface area contributed by atoms with Crippen molar-refractivity contribution >= 4 is 12.0 Å². The minimum absolute atomic E-state index is 0.0612. The molecule has 0 saturated heterocycles. The summed E-state index contributed by atoms with van der Waals surface area (Å²) >= 11 is 0. The summed E-state index contributed by atoms with van der Waals surface area (Å²) in [5.41, 5.74) is 2.17. The number of nitro benzene ring substituents is 1. The number of hydrogen-bond donors (Lipinski definition) is 0. The second kappa shape index (κ2) is 5.23. The lowest BCUT2D eigenvalue weighted by Crippen LogP contribution is -1.97. The predicted octanol–water partition coefficient (Wildman–Crippen LogP) is 3.00. The number of rotatable bonds is 4. The molecule has 0 heterocycles. The minimum atomic E-state index is -0.501. The molecule has 4 nitrogen and oxygen atoms in total. The van der Waals surface area contributed by atoms with Gasteiger partial charge in [0.1, 0.15) is 0 Å². The Balaban J connectivity index is 2.34. The molecule has 0 fully saturated rings. The van der Waals surface area contributed by atoms with Crippen LogP contribution in [0.2, 0.25) is 0 Å². The standard InChI is InChI=1S/C14H11NO3/c16-10-13-9-14(15(17)18)7-6-12(13)8-11-4-2-1-3-5-11/h1-7,9-10H,8H2. The van der Waals surface area contributed by atoms with Crippen LogP contribution in [0.4, 0.5) is 5.69 Å². The molecular formula is C14H11NO3. The Morgan fingerprint density at radius 2 is 1.83 bits per heavy atom. The van der Waals surface area contributed by atoms with Gasteiger partial charge in [0.2, 0.25) is 0 Å². The normalized spacial score (nSPS) is 10.0. The lowest BCUT2D eigenvalue weighted by molar-refractivity contribution is -0.384. The molecule has 4 heteroatoms. The molecule has 0 aliphatic rings. The second-order valence-corrected chi connectivity index (χ2v) is 3.92. The minimum Gasteiger partial charge on any atom is -0.298 e. The van der Waals surface area contributed by atoms with E-state index in [1.54, 1.807) is 6.07 Å². The molecule has 0 unspecified atom stereocenters. The first-order valence-corrected chi connectivity index (χ1v) is 5.47. The Labute approximate surface area is 104 Å². The van der Waals surface area contributed by atoms with Crippen molar-refractivity contribution in [3.8, 4) is 0 Å². The number of nitro groups is 1. The van der Waals surface area contributed by atoms with Gasteiger partial charge < -0.3 is 0 Å². The highest BCUT2D eigenvalue weighted by Crippen LogP contribution is 2.19. The van der Waals surface area contributed by atoms with Gasteiger partial charge in [-0.15, -0.1) is 0 Å². The Bertz CT molecular complexity index is 579. The van der Waals surface area contributed by atoms with E-state index in [1.165, 1.54) is 12.1 Å². The van der Waals surface area contributed by atoms with Crippen molar-refractivity contribution in [2.45, 2.75) is 6.42 Å². The molecule has 2 rings (SSSR count). The lowest BCUT2D eigenvalue weighted by Gasteiger charge is -2.04. The zero-order valence-electron chi connectivity index (χ0n) is 9.58. The third-order valence-corrected chi connectivity index (χ3v) is 2.70. The summed E-state index contributed by atoms with van der Waals surface area (Å²) in [7, 11) is 0. The van der Waals surface area contributed by atoms with Gasteiger partial charge in [-0.3, -0.25) is 14.9 Å². The van der Waals surface area contributed by atoms with E-state index in [-0.39, 0.29) is 5.69 Å². The van der Waals surface area contributed by atoms with Gasteiger partial charge in [-0.05, 0) is 17.5 Å². The number of nitrogens with zero attached hydrogens (tertiary/aromatic N) is 1. The average Bonchev–Trinajstić information content (AvgIpc) is 2.40. The highest BCUT2D eigenvalue weighted by molar-refractivity contribution is 5.78. The van der Waals surface area contributed by atoms with Gasteiger partial charge in [0, 0.05) is 17.7 Å². The fourth-order valence-electron chi connectivity index (χ4n) is 1.78. The van der Waals surface area contributed by atoms with Gasteiger partial charge in [-0.1, -0.05) is 36.4 Å². The van der Waals surface area contributed by atoms with E-state index in [2.05, 4.69) is 0 Å². The molecule has 0 spiro atoms. The summed E-state index contributed by atoms with van der Waals surface area (Å²) in [4.78, 5) is 21.1. The molecule has 0 bridgehead atoms. The monoisotopic (exact) mass is 241 g/mol. The Morgan fingerprint density at radius 1 is 1.11 bits per heavy atom. The molecule has 0 saturated carbocycles. The van der Waals surface area contributed by atoms with Crippen LogP contribution in [0.5, 0.6) is 0 Å². The van der Waals surface area contributed by atoms with Crippen molar-refractivity contribution < 1.29 is 9.72 Å². The second-order valence-electron chi connectivity index (χ2n) is 3.92. The summed E-state index contributed by atoms with van der Waals surface area (Å²) in [6, 6.07) is 14.0. The van der Waals surface area contributed by atoms with E-state index in [9.17, 15) is 14.9 Å². The van der Waals surface area contributed by atoms with Crippen LogP contribution in [-0.2, 0) is 6.42 Å². The Hall–Kier alpha value is -2.49. The van der Waals surface area contributed by atoms with Crippen LogP contribution in [0.3, 0.4) is 0 Å². The van der Waals surface area contributed by atoms with Gasteiger partial charge in [0.15, 0.2) is 6.29 Å². The third-order valence-electron chi connectivity index (χ3n) is 2.70. The van der Waals surface area contributed by atoms with Crippen LogP contribution in [0.25, 0.3) is 0 Å². The van der Waals surface area contributed by atoms with E-state index in [0.29, 0.717) is 18.3 Å². The zero-order chi connectivity index (χ0) is 13.0. The lowest BCUT2D eigenvalue weighted by atomic mass is 10.00. The van der Waals surface area contributed by atoms with E-state index in [4.69, 9.17) is 0 Å². The zero-order valence-corrected chi connectivity index (χ0v) is 9.58. The van der Waals surface area contributed by atoms with Crippen LogP contribution in [0.15, 0.2) is 48.5 Å².